The summed E-state index contributed by atoms with van der Waals surface area (Å²) in [5.74, 6) is -5.11. The first-order valence-corrected chi connectivity index (χ1v) is 6.06. The van der Waals surface area contributed by atoms with E-state index in [2.05, 4.69) is 5.32 Å². The lowest BCUT2D eigenvalue weighted by Crippen LogP contribution is -2.17. The number of halogens is 3. The number of hydrogen-bond acceptors (Lipinski definition) is 2. The number of amides is 1. The third-order valence-electron chi connectivity index (χ3n) is 2.66. The molecule has 0 fully saturated rings. The van der Waals surface area contributed by atoms with Gasteiger partial charge in [-0.3, -0.25) is 4.79 Å². The Kier molecular flexibility index (Phi) is 4.18. The van der Waals surface area contributed by atoms with Gasteiger partial charge in [0.2, 0.25) is 0 Å². The second-order valence-corrected chi connectivity index (χ2v) is 4.46. The summed E-state index contributed by atoms with van der Waals surface area (Å²) in [6, 6.07) is 7.23. The summed E-state index contributed by atoms with van der Waals surface area (Å²) in [6.45, 7) is 0. The van der Waals surface area contributed by atoms with E-state index in [1.54, 1.807) is 12.1 Å². The van der Waals surface area contributed by atoms with Gasteiger partial charge < -0.3 is 10.4 Å². The number of carboxylic acids is 1. The van der Waals surface area contributed by atoms with Crippen molar-refractivity contribution in [2.24, 2.45) is 0 Å². The summed E-state index contributed by atoms with van der Waals surface area (Å²) in [5, 5.41) is 11.5. The molecule has 0 saturated heterocycles. The lowest BCUT2D eigenvalue weighted by atomic mass is 10.1. The molecule has 0 heterocycles. The van der Waals surface area contributed by atoms with Crippen LogP contribution in [0.15, 0.2) is 36.4 Å². The van der Waals surface area contributed by atoms with Gasteiger partial charge in [-0.05, 0) is 24.3 Å². The minimum absolute atomic E-state index is 0.227. The molecule has 21 heavy (non-hydrogen) atoms. The fraction of sp³-hybridized carbons (Fsp3) is 0. The molecule has 0 bridgehead atoms. The van der Waals surface area contributed by atoms with E-state index in [1.165, 1.54) is 12.1 Å². The summed E-state index contributed by atoms with van der Waals surface area (Å²) in [5.41, 5.74) is -0.912. The Labute approximate surface area is 123 Å². The van der Waals surface area contributed by atoms with Crippen LogP contribution in [0.3, 0.4) is 0 Å². The molecular formula is C14H8ClF2NO3. The van der Waals surface area contributed by atoms with Crippen molar-refractivity contribution in [3.63, 3.8) is 0 Å². The molecule has 0 unspecified atom stereocenters. The molecule has 0 aliphatic heterocycles. The molecule has 2 aromatic rings. The fourth-order valence-corrected chi connectivity index (χ4v) is 1.85. The predicted molar refractivity (Wildman–Crippen MR) is 72.7 cm³/mol. The van der Waals surface area contributed by atoms with E-state index in [0.717, 1.165) is 0 Å². The van der Waals surface area contributed by atoms with Crippen LogP contribution in [-0.2, 0) is 0 Å². The van der Waals surface area contributed by atoms with Crippen molar-refractivity contribution in [3.8, 4) is 0 Å². The highest BCUT2D eigenvalue weighted by atomic mass is 35.5. The number of carbonyl (C=O) groups is 2. The summed E-state index contributed by atoms with van der Waals surface area (Å²) in [4.78, 5) is 23.0. The van der Waals surface area contributed by atoms with Gasteiger partial charge in [-0.15, -0.1) is 0 Å². The molecule has 4 nitrogen and oxygen atoms in total. The Hall–Kier alpha value is -2.47. The molecular weight excluding hydrogens is 304 g/mol. The van der Waals surface area contributed by atoms with Gasteiger partial charge in [0, 0.05) is 0 Å². The van der Waals surface area contributed by atoms with Crippen molar-refractivity contribution in [2.75, 3.05) is 5.32 Å². The second kappa shape index (κ2) is 5.88. The number of aromatic carboxylic acids is 1. The van der Waals surface area contributed by atoms with Crippen LogP contribution in [0.1, 0.15) is 20.7 Å². The van der Waals surface area contributed by atoms with Crippen LogP contribution < -0.4 is 5.32 Å². The summed E-state index contributed by atoms with van der Waals surface area (Å²) < 4.78 is 26.3. The molecule has 0 aliphatic carbocycles. The van der Waals surface area contributed by atoms with E-state index in [1.807, 2.05) is 0 Å². The molecule has 0 atom stereocenters. The van der Waals surface area contributed by atoms with E-state index in [-0.39, 0.29) is 10.7 Å². The summed E-state index contributed by atoms with van der Waals surface area (Å²) in [7, 11) is 0. The van der Waals surface area contributed by atoms with Crippen molar-refractivity contribution in [2.45, 2.75) is 0 Å². The van der Waals surface area contributed by atoms with Crippen LogP contribution >= 0.6 is 11.6 Å². The molecule has 0 spiro atoms. The molecule has 0 saturated carbocycles. The molecule has 2 aromatic carbocycles. The summed E-state index contributed by atoms with van der Waals surface area (Å²) >= 11 is 5.85. The minimum Gasteiger partial charge on any atom is -0.478 e. The van der Waals surface area contributed by atoms with Gasteiger partial charge in [0.25, 0.3) is 5.91 Å². The normalized spacial score (nSPS) is 10.2. The number of benzene rings is 2. The quantitative estimate of drug-likeness (QED) is 0.910. The smallest absolute Gasteiger partial charge is 0.336 e. The minimum atomic E-state index is -1.54. The third kappa shape index (κ3) is 3.17. The van der Waals surface area contributed by atoms with Crippen molar-refractivity contribution in [1.82, 2.24) is 0 Å². The Morgan fingerprint density at radius 3 is 2.19 bits per heavy atom. The predicted octanol–water partition coefficient (Wildman–Crippen LogP) is 3.57. The van der Waals surface area contributed by atoms with Gasteiger partial charge in [0.15, 0.2) is 11.6 Å². The maximum atomic E-state index is 13.2. The van der Waals surface area contributed by atoms with Gasteiger partial charge in [0.1, 0.15) is 0 Å². The first kappa shape index (κ1) is 14.9. The zero-order chi connectivity index (χ0) is 15.6. The number of rotatable bonds is 3. The number of carbonyl (C=O) groups excluding carboxylic acids is 1. The lowest BCUT2D eigenvalue weighted by Gasteiger charge is -2.09. The van der Waals surface area contributed by atoms with Crippen LogP contribution in [0.5, 0.6) is 0 Å². The average molecular weight is 312 g/mol. The van der Waals surface area contributed by atoms with Crippen molar-refractivity contribution >= 4 is 29.2 Å². The van der Waals surface area contributed by atoms with E-state index in [9.17, 15) is 18.4 Å². The highest BCUT2D eigenvalue weighted by molar-refractivity contribution is 6.34. The molecule has 0 aromatic heterocycles. The number of anilines is 1. The molecule has 1 amide bonds. The van der Waals surface area contributed by atoms with Crippen LogP contribution in [0, 0.1) is 11.6 Å². The Balaban J connectivity index is 2.42. The number of hydrogen-bond donors (Lipinski definition) is 2. The molecule has 7 heteroatoms. The van der Waals surface area contributed by atoms with E-state index >= 15 is 0 Å². The largest absolute Gasteiger partial charge is 0.478 e. The van der Waals surface area contributed by atoms with Crippen molar-refractivity contribution < 1.29 is 23.5 Å². The molecule has 2 N–H and O–H groups in total. The first-order valence-electron chi connectivity index (χ1n) is 5.68. The Morgan fingerprint density at radius 2 is 1.62 bits per heavy atom. The van der Waals surface area contributed by atoms with Crippen LogP contribution in [0.2, 0.25) is 5.02 Å². The average Bonchev–Trinajstić information content (AvgIpc) is 2.43. The fourth-order valence-electron chi connectivity index (χ4n) is 1.66. The lowest BCUT2D eigenvalue weighted by molar-refractivity contribution is 0.0691. The second-order valence-electron chi connectivity index (χ2n) is 4.05. The molecule has 108 valence electrons. The maximum absolute atomic E-state index is 13.2. The number of nitrogens with one attached hydrogen (secondary N) is 1. The summed E-state index contributed by atoms with van der Waals surface area (Å²) in [6.07, 6.45) is 0. The van der Waals surface area contributed by atoms with E-state index in [0.29, 0.717) is 12.1 Å². The van der Waals surface area contributed by atoms with Gasteiger partial charge in [-0.25, -0.2) is 13.6 Å². The standard InChI is InChI=1S/C14H8ClF2NO3/c15-9-3-1-2-4-12(9)18-13(19)7-5-10(16)11(17)6-8(7)14(20)21/h1-6H,(H,18,19)(H,20,21). The Bertz CT molecular complexity index is 734. The van der Waals surface area contributed by atoms with Crippen LogP contribution in [-0.4, -0.2) is 17.0 Å². The van der Waals surface area contributed by atoms with Crippen molar-refractivity contribution in [1.29, 1.82) is 0 Å². The van der Waals surface area contributed by atoms with Gasteiger partial charge in [-0.1, -0.05) is 23.7 Å². The van der Waals surface area contributed by atoms with E-state index < -0.39 is 34.6 Å². The SMILES string of the molecule is O=C(O)c1cc(F)c(F)cc1C(=O)Nc1ccccc1Cl. The van der Waals surface area contributed by atoms with Gasteiger partial charge in [-0.2, -0.15) is 0 Å². The maximum Gasteiger partial charge on any atom is 0.336 e. The highest BCUT2D eigenvalue weighted by Crippen LogP contribution is 2.22. The van der Waals surface area contributed by atoms with Crippen molar-refractivity contribution in [3.05, 3.63) is 64.2 Å². The molecule has 0 radical (unpaired) electrons. The van der Waals surface area contributed by atoms with Gasteiger partial charge in [0.05, 0.1) is 21.8 Å². The monoisotopic (exact) mass is 311 g/mol. The highest BCUT2D eigenvalue weighted by Gasteiger charge is 2.21. The molecule has 0 aliphatic rings. The van der Waals surface area contributed by atoms with E-state index in [4.69, 9.17) is 16.7 Å². The third-order valence-corrected chi connectivity index (χ3v) is 2.99. The zero-order valence-electron chi connectivity index (χ0n) is 10.4. The van der Waals surface area contributed by atoms with Crippen LogP contribution in [0.4, 0.5) is 14.5 Å². The van der Waals surface area contributed by atoms with Crippen LogP contribution in [0.25, 0.3) is 0 Å². The zero-order valence-corrected chi connectivity index (χ0v) is 11.1. The topological polar surface area (TPSA) is 66.4 Å². The Morgan fingerprint density at radius 1 is 1.05 bits per heavy atom. The first-order chi connectivity index (χ1) is 9.90. The number of carboxylic acid groups (broad SMARTS) is 1. The number of para-hydroxylation sites is 1. The van der Waals surface area contributed by atoms with Gasteiger partial charge >= 0.3 is 5.97 Å². The molecule has 2 rings (SSSR count).